The molecule has 1 saturated heterocycles. The molecule has 0 radical (unpaired) electrons. The molecular weight excluding hydrogens is 360 g/mol. The lowest BCUT2D eigenvalue weighted by molar-refractivity contribution is -0.113. The van der Waals surface area contributed by atoms with E-state index in [4.69, 9.17) is 33.3 Å². The molecule has 1 aliphatic heterocycles. The molecule has 0 aliphatic carbocycles. The van der Waals surface area contributed by atoms with Gasteiger partial charge in [0.2, 0.25) is 0 Å². The molecular formula is C18H15ClN2O3S. The monoisotopic (exact) mass is 374 g/mol. The highest BCUT2D eigenvalue weighted by molar-refractivity contribution is 7.80. The maximum Gasteiger partial charge on any atom is 0.281 e. The molecule has 2 aromatic rings. The van der Waals surface area contributed by atoms with E-state index >= 15 is 0 Å². The number of rotatable bonds is 4. The van der Waals surface area contributed by atoms with Gasteiger partial charge in [-0.25, -0.2) is 0 Å². The van der Waals surface area contributed by atoms with Crippen molar-refractivity contribution >= 4 is 46.6 Å². The summed E-state index contributed by atoms with van der Waals surface area (Å²) in [7, 11) is 3.13. The Morgan fingerprint density at radius 3 is 2.44 bits per heavy atom. The van der Waals surface area contributed by atoms with Gasteiger partial charge < -0.3 is 14.8 Å². The Bertz CT molecular complexity index is 865. The first-order valence-electron chi connectivity index (χ1n) is 7.38. The average Bonchev–Trinajstić information content (AvgIpc) is 2.89. The van der Waals surface area contributed by atoms with Crippen molar-refractivity contribution < 1.29 is 14.3 Å². The van der Waals surface area contributed by atoms with Gasteiger partial charge in [0.25, 0.3) is 5.91 Å². The van der Waals surface area contributed by atoms with E-state index in [2.05, 4.69) is 5.32 Å². The molecule has 0 saturated carbocycles. The molecule has 0 spiro atoms. The predicted octanol–water partition coefficient (Wildman–Crippen LogP) is 3.62. The standard InChI is InChI=1S/C18H15ClN2O3S/c1-23-13-6-4-12(5-7-13)21-17(22)15(20-18(21)25)10-11-3-8-16(24-2)14(19)9-11/h3-10H,1-2H3,(H,20,25)/b15-10+. The summed E-state index contributed by atoms with van der Waals surface area (Å²) in [4.78, 5) is 14.1. The molecule has 0 bridgehead atoms. The van der Waals surface area contributed by atoms with Gasteiger partial charge in [-0.05, 0) is 60.3 Å². The third-order valence-corrected chi connectivity index (χ3v) is 4.28. The Morgan fingerprint density at radius 1 is 1.12 bits per heavy atom. The van der Waals surface area contributed by atoms with Gasteiger partial charge in [-0.1, -0.05) is 17.7 Å². The molecule has 1 aliphatic rings. The molecule has 0 aromatic heterocycles. The minimum atomic E-state index is -0.234. The molecule has 3 rings (SSSR count). The summed E-state index contributed by atoms with van der Waals surface area (Å²) in [5.41, 5.74) is 1.81. The second-order valence-electron chi connectivity index (χ2n) is 5.22. The maximum atomic E-state index is 12.7. The fraction of sp³-hybridized carbons (Fsp3) is 0.111. The van der Waals surface area contributed by atoms with Crippen molar-refractivity contribution in [2.24, 2.45) is 0 Å². The fourth-order valence-electron chi connectivity index (χ4n) is 2.44. The van der Waals surface area contributed by atoms with Gasteiger partial charge in [-0.15, -0.1) is 0 Å². The van der Waals surface area contributed by atoms with Crippen LogP contribution in [0.15, 0.2) is 48.2 Å². The summed E-state index contributed by atoms with van der Waals surface area (Å²) < 4.78 is 10.3. The third-order valence-electron chi connectivity index (χ3n) is 3.70. The van der Waals surface area contributed by atoms with E-state index in [1.165, 1.54) is 4.90 Å². The number of amides is 1. The Kier molecular flexibility index (Phi) is 4.92. The van der Waals surface area contributed by atoms with Crippen LogP contribution in [-0.4, -0.2) is 25.2 Å². The second-order valence-corrected chi connectivity index (χ2v) is 6.01. The number of halogens is 1. The Labute approximate surface area is 155 Å². The van der Waals surface area contributed by atoms with E-state index < -0.39 is 0 Å². The van der Waals surface area contributed by atoms with Gasteiger partial charge in [-0.3, -0.25) is 9.69 Å². The molecule has 5 nitrogen and oxygen atoms in total. The van der Waals surface area contributed by atoms with Crippen LogP contribution < -0.4 is 19.7 Å². The molecule has 0 atom stereocenters. The number of methoxy groups -OCH3 is 2. The number of carbonyl (C=O) groups excluding carboxylic acids is 1. The zero-order valence-corrected chi connectivity index (χ0v) is 15.1. The number of nitrogens with zero attached hydrogens (tertiary/aromatic N) is 1. The predicted molar refractivity (Wildman–Crippen MR) is 102 cm³/mol. The van der Waals surface area contributed by atoms with Crippen molar-refractivity contribution in [1.29, 1.82) is 0 Å². The zero-order chi connectivity index (χ0) is 18.0. The van der Waals surface area contributed by atoms with Crippen molar-refractivity contribution in [2.75, 3.05) is 19.1 Å². The van der Waals surface area contributed by atoms with E-state index in [1.54, 1.807) is 56.7 Å². The molecule has 128 valence electrons. The topological polar surface area (TPSA) is 50.8 Å². The van der Waals surface area contributed by atoms with Gasteiger partial charge in [0.05, 0.1) is 24.9 Å². The van der Waals surface area contributed by atoms with Crippen LogP contribution in [0.25, 0.3) is 6.08 Å². The first-order valence-corrected chi connectivity index (χ1v) is 8.17. The van der Waals surface area contributed by atoms with Crippen LogP contribution in [-0.2, 0) is 4.79 Å². The smallest absolute Gasteiger partial charge is 0.281 e. The first-order chi connectivity index (χ1) is 12.0. The van der Waals surface area contributed by atoms with E-state index in [0.717, 1.165) is 5.56 Å². The molecule has 1 amide bonds. The highest BCUT2D eigenvalue weighted by atomic mass is 35.5. The minimum Gasteiger partial charge on any atom is -0.497 e. The largest absolute Gasteiger partial charge is 0.497 e. The molecule has 7 heteroatoms. The number of nitrogens with one attached hydrogen (secondary N) is 1. The molecule has 1 N–H and O–H groups in total. The van der Waals surface area contributed by atoms with Gasteiger partial charge in [-0.2, -0.15) is 0 Å². The van der Waals surface area contributed by atoms with Crippen LogP contribution in [0.4, 0.5) is 5.69 Å². The third kappa shape index (κ3) is 3.45. The summed E-state index contributed by atoms with van der Waals surface area (Å²) in [6.45, 7) is 0. The van der Waals surface area contributed by atoms with E-state index in [-0.39, 0.29) is 5.91 Å². The van der Waals surface area contributed by atoms with Crippen molar-refractivity contribution in [2.45, 2.75) is 0 Å². The summed E-state index contributed by atoms with van der Waals surface area (Å²) in [6, 6.07) is 12.4. The molecule has 25 heavy (non-hydrogen) atoms. The number of thiocarbonyl (C=S) groups is 1. The summed E-state index contributed by atoms with van der Waals surface area (Å²) in [6.07, 6.45) is 1.70. The van der Waals surface area contributed by atoms with Gasteiger partial charge in [0.1, 0.15) is 17.2 Å². The summed E-state index contributed by atoms with van der Waals surface area (Å²) >= 11 is 11.4. The Morgan fingerprint density at radius 2 is 1.84 bits per heavy atom. The Balaban J connectivity index is 1.88. The molecule has 2 aromatic carbocycles. The van der Waals surface area contributed by atoms with Crippen LogP contribution in [0.5, 0.6) is 11.5 Å². The second kappa shape index (κ2) is 7.13. The van der Waals surface area contributed by atoms with Crippen LogP contribution in [0.1, 0.15) is 5.56 Å². The van der Waals surface area contributed by atoms with E-state index in [9.17, 15) is 4.79 Å². The number of anilines is 1. The number of hydrogen-bond donors (Lipinski definition) is 1. The van der Waals surface area contributed by atoms with Crippen molar-refractivity contribution in [1.82, 2.24) is 5.32 Å². The normalized spacial score (nSPS) is 15.5. The van der Waals surface area contributed by atoms with Crippen LogP contribution in [0.3, 0.4) is 0 Å². The minimum absolute atomic E-state index is 0.234. The average molecular weight is 375 g/mol. The fourth-order valence-corrected chi connectivity index (χ4v) is 3.00. The quantitative estimate of drug-likeness (QED) is 0.654. The van der Waals surface area contributed by atoms with E-state index in [0.29, 0.717) is 33.0 Å². The SMILES string of the molecule is COc1ccc(N2C(=O)/C(=C\c3ccc(OC)c(Cl)c3)NC2=S)cc1. The zero-order valence-electron chi connectivity index (χ0n) is 13.6. The van der Waals surface area contributed by atoms with Crippen LogP contribution in [0, 0.1) is 0 Å². The van der Waals surface area contributed by atoms with Crippen LogP contribution >= 0.6 is 23.8 Å². The van der Waals surface area contributed by atoms with Gasteiger partial charge >= 0.3 is 0 Å². The number of carbonyl (C=O) groups is 1. The molecule has 0 unspecified atom stereocenters. The molecule has 1 fully saturated rings. The lowest BCUT2D eigenvalue weighted by Crippen LogP contribution is -2.30. The summed E-state index contributed by atoms with van der Waals surface area (Å²) in [5, 5.41) is 3.73. The summed E-state index contributed by atoms with van der Waals surface area (Å²) in [5.74, 6) is 1.05. The number of benzene rings is 2. The van der Waals surface area contributed by atoms with Crippen LogP contribution in [0.2, 0.25) is 5.02 Å². The van der Waals surface area contributed by atoms with Crippen molar-refractivity contribution in [3.63, 3.8) is 0 Å². The van der Waals surface area contributed by atoms with Crippen molar-refractivity contribution in [3.05, 3.63) is 58.7 Å². The van der Waals surface area contributed by atoms with Crippen molar-refractivity contribution in [3.8, 4) is 11.5 Å². The highest BCUT2D eigenvalue weighted by Gasteiger charge is 2.31. The Hall–Kier alpha value is -2.57. The molecule has 1 heterocycles. The first kappa shape index (κ1) is 17.3. The lowest BCUT2D eigenvalue weighted by atomic mass is 10.2. The number of ether oxygens (including phenoxy) is 2. The maximum absolute atomic E-state index is 12.7. The highest BCUT2D eigenvalue weighted by Crippen LogP contribution is 2.28. The number of hydrogen-bond acceptors (Lipinski definition) is 4. The van der Waals surface area contributed by atoms with Gasteiger partial charge in [0.15, 0.2) is 5.11 Å². The lowest BCUT2D eigenvalue weighted by Gasteiger charge is -2.14. The van der Waals surface area contributed by atoms with E-state index in [1.807, 2.05) is 6.07 Å². The van der Waals surface area contributed by atoms with Gasteiger partial charge in [0, 0.05) is 0 Å².